The summed E-state index contributed by atoms with van der Waals surface area (Å²) in [6.07, 6.45) is 0.808. The molecular weight excluding hydrogens is 306 g/mol. The van der Waals surface area contributed by atoms with Crippen LogP contribution in [0.3, 0.4) is 0 Å². The lowest BCUT2D eigenvalue weighted by atomic mass is 10.0. The number of rotatable bonds is 8. The number of hydrogen-bond donors (Lipinski definition) is 1. The molecular formula is C19H23NO4. The average molecular weight is 329 g/mol. The highest BCUT2D eigenvalue weighted by Crippen LogP contribution is 2.27. The minimum absolute atomic E-state index is 0.0258. The second kappa shape index (κ2) is 8.82. The molecule has 0 aliphatic carbocycles. The second-order valence-electron chi connectivity index (χ2n) is 5.28. The molecule has 1 N–H and O–H groups in total. The molecule has 0 bridgehead atoms. The highest BCUT2D eigenvalue weighted by molar-refractivity contribution is 5.78. The van der Waals surface area contributed by atoms with Crippen LogP contribution in [0, 0.1) is 0 Å². The molecule has 0 fully saturated rings. The lowest BCUT2D eigenvalue weighted by Gasteiger charge is -2.18. The van der Waals surface area contributed by atoms with E-state index in [2.05, 4.69) is 5.32 Å². The third kappa shape index (κ3) is 4.91. The van der Waals surface area contributed by atoms with Gasteiger partial charge < -0.3 is 19.5 Å². The van der Waals surface area contributed by atoms with Crippen molar-refractivity contribution in [3.05, 3.63) is 54.1 Å². The lowest BCUT2D eigenvalue weighted by molar-refractivity contribution is -0.123. The smallest absolute Gasteiger partial charge is 0.258 e. The van der Waals surface area contributed by atoms with Crippen molar-refractivity contribution >= 4 is 5.91 Å². The fourth-order valence-electron chi connectivity index (χ4n) is 2.36. The molecule has 0 spiro atoms. The van der Waals surface area contributed by atoms with E-state index >= 15 is 0 Å². The molecule has 2 aromatic carbocycles. The maximum absolute atomic E-state index is 12.2. The Labute approximate surface area is 142 Å². The van der Waals surface area contributed by atoms with Gasteiger partial charge in [0.2, 0.25) is 0 Å². The predicted octanol–water partition coefficient (Wildman–Crippen LogP) is 3.35. The van der Waals surface area contributed by atoms with Crippen molar-refractivity contribution in [2.24, 2.45) is 0 Å². The van der Waals surface area contributed by atoms with Gasteiger partial charge in [-0.05, 0) is 12.0 Å². The lowest BCUT2D eigenvalue weighted by Crippen LogP contribution is -2.32. The van der Waals surface area contributed by atoms with Crippen molar-refractivity contribution < 1.29 is 19.0 Å². The minimum atomic E-state index is -0.174. The number of carbonyl (C=O) groups excluding carboxylic acids is 1. The van der Waals surface area contributed by atoms with Gasteiger partial charge >= 0.3 is 0 Å². The number of nitrogens with one attached hydrogen (secondary N) is 1. The Hall–Kier alpha value is -2.69. The van der Waals surface area contributed by atoms with Crippen LogP contribution < -0.4 is 19.5 Å². The molecule has 0 unspecified atom stereocenters. The van der Waals surface area contributed by atoms with E-state index in [9.17, 15) is 4.79 Å². The fraction of sp³-hybridized carbons (Fsp3) is 0.316. The molecule has 5 nitrogen and oxygen atoms in total. The van der Waals surface area contributed by atoms with Crippen LogP contribution in [-0.4, -0.2) is 26.7 Å². The number of carbonyl (C=O) groups is 1. The minimum Gasteiger partial charge on any atom is -0.496 e. The Kier molecular flexibility index (Phi) is 6.49. The van der Waals surface area contributed by atoms with Gasteiger partial charge in [0.05, 0.1) is 20.3 Å². The standard InChI is InChI=1S/C19H23NO4/c1-4-18(14-8-6-5-7-9-14)20-19(21)13-24-17-11-15(22-2)10-16(12-17)23-3/h5-12,18H,4,13H2,1-3H3,(H,20,21)/t18-/m1/s1. The average Bonchev–Trinajstić information content (AvgIpc) is 2.64. The van der Waals surface area contributed by atoms with E-state index < -0.39 is 0 Å². The van der Waals surface area contributed by atoms with Gasteiger partial charge in [-0.3, -0.25) is 4.79 Å². The van der Waals surface area contributed by atoms with Crippen LogP contribution in [0.5, 0.6) is 17.2 Å². The maximum Gasteiger partial charge on any atom is 0.258 e. The van der Waals surface area contributed by atoms with Crippen LogP contribution in [0.15, 0.2) is 48.5 Å². The van der Waals surface area contributed by atoms with Crippen molar-refractivity contribution in [1.29, 1.82) is 0 Å². The topological polar surface area (TPSA) is 56.8 Å². The molecule has 0 heterocycles. The summed E-state index contributed by atoms with van der Waals surface area (Å²) in [4.78, 5) is 12.2. The van der Waals surface area contributed by atoms with Gasteiger partial charge in [-0.2, -0.15) is 0 Å². The summed E-state index contributed by atoms with van der Waals surface area (Å²) in [5.41, 5.74) is 1.08. The normalized spacial score (nSPS) is 11.5. The summed E-state index contributed by atoms with van der Waals surface area (Å²) >= 11 is 0. The van der Waals surface area contributed by atoms with Crippen molar-refractivity contribution in [2.45, 2.75) is 19.4 Å². The van der Waals surface area contributed by atoms with Crippen molar-refractivity contribution in [3.63, 3.8) is 0 Å². The van der Waals surface area contributed by atoms with E-state index in [-0.39, 0.29) is 18.6 Å². The quantitative estimate of drug-likeness (QED) is 0.807. The number of amides is 1. The molecule has 1 atom stereocenters. The van der Waals surface area contributed by atoms with Gasteiger partial charge in [-0.25, -0.2) is 0 Å². The van der Waals surface area contributed by atoms with Crippen LogP contribution >= 0.6 is 0 Å². The Morgan fingerprint density at radius 2 is 1.58 bits per heavy atom. The Balaban J connectivity index is 1.95. The van der Waals surface area contributed by atoms with Gasteiger partial charge in [-0.1, -0.05) is 37.3 Å². The third-order valence-corrected chi connectivity index (χ3v) is 3.64. The van der Waals surface area contributed by atoms with Crippen LogP contribution in [0.2, 0.25) is 0 Å². The summed E-state index contributed by atoms with van der Waals surface area (Å²) < 4.78 is 15.9. The van der Waals surface area contributed by atoms with E-state index in [1.54, 1.807) is 32.4 Å². The van der Waals surface area contributed by atoms with Gasteiger partial charge in [0, 0.05) is 18.2 Å². The number of methoxy groups -OCH3 is 2. The summed E-state index contributed by atoms with van der Waals surface area (Å²) in [6.45, 7) is 1.96. The molecule has 1 amide bonds. The number of ether oxygens (including phenoxy) is 3. The molecule has 0 aliphatic heterocycles. The first-order valence-electron chi connectivity index (χ1n) is 7.86. The van der Waals surface area contributed by atoms with Crippen molar-refractivity contribution in [1.82, 2.24) is 5.32 Å². The predicted molar refractivity (Wildman–Crippen MR) is 92.7 cm³/mol. The SMILES string of the molecule is CC[C@@H](NC(=O)COc1cc(OC)cc(OC)c1)c1ccccc1. The molecule has 5 heteroatoms. The Morgan fingerprint density at radius 1 is 1.00 bits per heavy atom. The Bertz CT molecular complexity index is 635. The van der Waals surface area contributed by atoms with Crippen LogP contribution in [0.1, 0.15) is 24.9 Å². The third-order valence-electron chi connectivity index (χ3n) is 3.64. The van der Waals surface area contributed by atoms with Gasteiger partial charge in [-0.15, -0.1) is 0 Å². The van der Waals surface area contributed by atoms with Gasteiger partial charge in [0.1, 0.15) is 17.2 Å². The zero-order valence-electron chi connectivity index (χ0n) is 14.2. The second-order valence-corrected chi connectivity index (χ2v) is 5.28. The van der Waals surface area contributed by atoms with Gasteiger partial charge in [0.15, 0.2) is 6.61 Å². The zero-order chi connectivity index (χ0) is 17.4. The van der Waals surface area contributed by atoms with Crippen molar-refractivity contribution in [2.75, 3.05) is 20.8 Å². The van der Waals surface area contributed by atoms with Crippen LogP contribution in [0.25, 0.3) is 0 Å². The zero-order valence-corrected chi connectivity index (χ0v) is 14.2. The molecule has 2 aromatic rings. The summed E-state index contributed by atoms with van der Waals surface area (Å²) in [7, 11) is 3.13. The molecule has 0 radical (unpaired) electrons. The first-order chi connectivity index (χ1) is 11.7. The summed E-state index contributed by atoms with van der Waals surface area (Å²) in [5, 5.41) is 2.98. The molecule has 0 saturated heterocycles. The molecule has 0 aromatic heterocycles. The van der Waals surface area contributed by atoms with E-state index in [0.717, 1.165) is 12.0 Å². The van der Waals surface area contributed by atoms with Gasteiger partial charge in [0.25, 0.3) is 5.91 Å². The molecule has 24 heavy (non-hydrogen) atoms. The fourth-order valence-corrected chi connectivity index (χ4v) is 2.36. The van der Waals surface area contributed by atoms with Crippen LogP contribution in [0.4, 0.5) is 0 Å². The first-order valence-corrected chi connectivity index (χ1v) is 7.86. The monoisotopic (exact) mass is 329 g/mol. The van der Waals surface area contributed by atoms with E-state index in [0.29, 0.717) is 17.2 Å². The maximum atomic E-state index is 12.2. The van der Waals surface area contributed by atoms with E-state index in [1.807, 2.05) is 37.3 Å². The summed E-state index contributed by atoms with van der Waals surface area (Å²) in [6, 6.07) is 15.0. The highest BCUT2D eigenvalue weighted by Gasteiger charge is 2.13. The van der Waals surface area contributed by atoms with Crippen LogP contribution in [-0.2, 0) is 4.79 Å². The largest absolute Gasteiger partial charge is 0.496 e. The Morgan fingerprint density at radius 3 is 2.12 bits per heavy atom. The van der Waals surface area contributed by atoms with E-state index in [4.69, 9.17) is 14.2 Å². The number of hydrogen-bond acceptors (Lipinski definition) is 4. The molecule has 128 valence electrons. The highest BCUT2D eigenvalue weighted by atomic mass is 16.5. The first kappa shape index (κ1) is 17.7. The molecule has 0 aliphatic rings. The van der Waals surface area contributed by atoms with E-state index in [1.165, 1.54) is 0 Å². The van der Waals surface area contributed by atoms with Crippen molar-refractivity contribution in [3.8, 4) is 17.2 Å². The summed E-state index contributed by atoms with van der Waals surface area (Å²) in [5.74, 6) is 1.57. The molecule has 0 saturated carbocycles. The molecule has 2 rings (SSSR count). The number of benzene rings is 2.